The minimum absolute atomic E-state index is 0.000721. The zero-order valence-corrected chi connectivity index (χ0v) is 14.8. The van der Waals surface area contributed by atoms with Crippen molar-refractivity contribution in [3.63, 3.8) is 0 Å². The van der Waals surface area contributed by atoms with E-state index in [1.807, 2.05) is 45.0 Å². The summed E-state index contributed by atoms with van der Waals surface area (Å²) in [6.07, 6.45) is 1.97. The zero-order valence-electron chi connectivity index (χ0n) is 14.8. The number of nitrogens with one attached hydrogen (secondary N) is 1. The number of nitrogens with zero attached hydrogens (tertiary/aromatic N) is 1. The summed E-state index contributed by atoms with van der Waals surface area (Å²) in [5.41, 5.74) is 1.09. The lowest BCUT2D eigenvalue weighted by Gasteiger charge is -2.25. The Labute approximate surface area is 139 Å². The number of amides is 2. The van der Waals surface area contributed by atoms with Crippen LogP contribution in [0.2, 0.25) is 0 Å². The van der Waals surface area contributed by atoms with Gasteiger partial charge in [0.2, 0.25) is 5.91 Å². The van der Waals surface area contributed by atoms with Crippen LogP contribution in [0.25, 0.3) is 0 Å². The van der Waals surface area contributed by atoms with Gasteiger partial charge in [-0.2, -0.15) is 0 Å². The molecule has 0 atom stereocenters. The van der Waals surface area contributed by atoms with Crippen molar-refractivity contribution in [2.24, 2.45) is 0 Å². The van der Waals surface area contributed by atoms with E-state index in [0.717, 1.165) is 24.1 Å². The van der Waals surface area contributed by atoms with Crippen LogP contribution in [0, 0.1) is 0 Å². The second-order valence-electron chi connectivity index (χ2n) is 6.65. The molecule has 0 fully saturated rings. The standard InChI is InChI=1S/C18H28N2O3/c1-6-7-12-16(21)19-15-11-9-8-10-14(15)13-20(5)17(22)23-18(2,3)4/h8-11H,6-7,12-13H2,1-5H3,(H,19,21). The molecule has 0 aliphatic rings. The molecule has 0 aliphatic carbocycles. The summed E-state index contributed by atoms with van der Waals surface area (Å²) in [5, 5.41) is 2.92. The Kier molecular flexibility index (Phi) is 7.07. The van der Waals surface area contributed by atoms with Gasteiger partial charge >= 0.3 is 6.09 Å². The van der Waals surface area contributed by atoms with Crippen molar-refractivity contribution in [2.45, 2.75) is 59.1 Å². The summed E-state index contributed by atoms with van der Waals surface area (Å²) in [7, 11) is 1.68. The lowest BCUT2D eigenvalue weighted by atomic mass is 10.1. The molecular formula is C18H28N2O3. The van der Waals surface area contributed by atoms with Gasteiger partial charge in [0.1, 0.15) is 5.60 Å². The second kappa shape index (κ2) is 8.56. The third kappa shape index (κ3) is 7.17. The lowest BCUT2D eigenvalue weighted by Crippen LogP contribution is -2.34. The second-order valence-corrected chi connectivity index (χ2v) is 6.65. The summed E-state index contributed by atoms with van der Waals surface area (Å²) >= 11 is 0. The van der Waals surface area contributed by atoms with Crippen molar-refractivity contribution in [1.29, 1.82) is 0 Å². The molecule has 0 unspecified atom stereocenters. The van der Waals surface area contributed by atoms with Crippen molar-refractivity contribution in [3.8, 4) is 0 Å². The van der Waals surface area contributed by atoms with Crippen LogP contribution in [0.5, 0.6) is 0 Å². The summed E-state index contributed by atoms with van der Waals surface area (Å²) in [6, 6.07) is 7.50. The van der Waals surface area contributed by atoms with Crippen molar-refractivity contribution in [2.75, 3.05) is 12.4 Å². The molecule has 1 N–H and O–H groups in total. The maximum atomic E-state index is 12.1. The number of para-hydroxylation sites is 1. The van der Waals surface area contributed by atoms with Crippen molar-refractivity contribution in [1.82, 2.24) is 4.90 Å². The maximum absolute atomic E-state index is 12.1. The maximum Gasteiger partial charge on any atom is 0.410 e. The highest BCUT2D eigenvalue weighted by Crippen LogP contribution is 2.18. The molecule has 1 rings (SSSR count). The topological polar surface area (TPSA) is 58.6 Å². The van der Waals surface area contributed by atoms with Crippen LogP contribution in [-0.2, 0) is 16.1 Å². The van der Waals surface area contributed by atoms with Crippen LogP contribution < -0.4 is 5.32 Å². The third-order valence-corrected chi connectivity index (χ3v) is 3.16. The monoisotopic (exact) mass is 320 g/mol. The van der Waals surface area contributed by atoms with E-state index in [9.17, 15) is 9.59 Å². The Morgan fingerprint density at radius 3 is 2.48 bits per heavy atom. The largest absolute Gasteiger partial charge is 0.444 e. The molecule has 0 saturated heterocycles. The van der Waals surface area contributed by atoms with Gasteiger partial charge in [-0.3, -0.25) is 4.79 Å². The molecule has 5 nitrogen and oxygen atoms in total. The highest BCUT2D eigenvalue weighted by atomic mass is 16.6. The minimum Gasteiger partial charge on any atom is -0.444 e. The Morgan fingerprint density at radius 2 is 1.87 bits per heavy atom. The highest BCUT2D eigenvalue weighted by molar-refractivity contribution is 5.91. The van der Waals surface area contributed by atoms with Gasteiger partial charge in [-0.1, -0.05) is 31.5 Å². The first-order valence-electron chi connectivity index (χ1n) is 8.05. The van der Waals surface area contributed by atoms with Crippen molar-refractivity contribution in [3.05, 3.63) is 29.8 Å². The van der Waals surface area contributed by atoms with Crippen LogP contribution in [0.4, 0.5) is 10.5 Å². The Morgan fingerprint density at radius 1 is 1.22 bits per heavy atom. The predicted molar refractivity (Wildman–Crippen MR) is 92.3 cm³/mol. The van der Waals surface area contributed by atoms with Gasteiger partial charge in [0.05, 0.1) is 6.54 Å². The van der Waals surface area contributed by atoms with Crippen molar-refractivity contribution < 1.29 is 14.3 Å². The summed E-state index contributed by atoms with van der Waals surface area (Å²) < 4.78 is 5.35. The molecule has 0 spiro atoms. The van der Waals surface area contributed by atoms with Gasteiger partial charge in [-0.05, 0) is 38.8 Å². The molecule has 1 aromatic carbocycles. The minimum atomic E-state index is -0.529. The molecule has 2 amide bonds. The molecule has 128 valence electrons. The number of rotatable bonds is 6. The van der Waals surface area contributed by atoms with E-state index in [2.05, 4.69) is 12.2 Å². The van der Waals surface area contributed by atoms with Gasteiger partial charge in [-0.15, -0.1) is 0 Å². The van der Waals surface area contributed by atoms with Gasteiger partial charge in [0.25, 0.3) is 0 Å². The first-order chi connectivity index (χ1) is 10.7. The zero-order chi connectivity index (χ0) is 17.5. The number of ether oxygens (including phenoxy) is 1. The average molecular weight is 320 g/mol. The van der Waals surface area contributed by atoms with Crippen molar-refractivity contribution >= 4 is 17.7 Å². The predicted octanol–water partition coefficient (Wildman–Crippen LogP) is 4.18. The fourth-order valence-corrected chi connectivity index (χ4v) is 1.99. The first-order valence-corrected chi connectivity index (χ1v) is 8.05. The number of unbranched alkanes of at least 4 members (excludes halogenated alkanes) is 1. The SMILES string of the molecule is CCCCC(=O)Nc1ccccc1CN(C)C(=O)OC(C)(C)C. The number of carbonyl (C=O) groups excluding carboxylic acids is 2. The number of carbonyl (C=O) groups is 2. The average Bonchev–Trinajstić information content (AvgIpc) is 2.45. The first kappa shape index (κ1) is 19.0. The molecule has 0 aromatic heterocycles. The molecule has 5 heteroatoms. The number of benzene rings is 1. The van der Waals surface area contributed by atoms with E-state index >= 15 is 0 Å². The normalized spacial score (nSPS) is 11.0. The number of hydrogen-bond acceptors (Lipinski definition) is 3. The van der Waals surface area contributed by atoms with Crippen LogP contribution in [-0.4, -0.2) is 29.5 Å². The van der Waals surface area contributed by atoms with Crippen LogP contribution in [0.3, 0.4) is 0 Å². The van der Waals surface area contributed by atoms with E-state index in [0.29, 0.717) is 13.0 Å². The Bertz CT molecular complexity index is 535. The van der Waals surface area contributed by atoms with E-state index in [1.165, 1.54) is 4.90 Å². The number of anilines is 1. The quantitative estimate of drug-likeness (QED) is 0.855. The molecule has 0 radical (unpaired) electrons. The molecule has 0 saturated carbocycles. The molecule has 23 heavy (non-hydrogen) atoms. The summed E-state index contributed by atoms with van der Waals surface area (Å²) in [5.74, 6) is -0.000721. The van der Waals surface area contributed by atoms with Crippen LogP contribution >= 0.6 is 0 Å². The smallest absolute Gasteiger partial charge is 0.410 e. The highest BCUT2D eigenvalue weighted by Gasteiger charge is 2.20. The third-order valence-electron chi connectivity index (χ3n) is 3.16. The lowest BCUT2D eigenvalue weighted by molar-refractivity contribution is -0.116. The fourth-order valence-electron chi connectivity index (χ4n) is 1.99. The molecule has 1 aromatic rings. The van der Waals surface area contributed by atoms with E-state index in [4.69, 9.17) is 4.74 Å². The van der Waals surface area contributed by atoms with E-state index in [1.54, 1.807) is 7.05 Å². The van der Waals surface area contributed by atoms with Crippen LogP contribution in [0.1, 0.15) is 52.5 Å². The van der Waals surface area contributed by atoms with Crippen LogP contribution in [0.15, 0.2) is 24.3 Å². The molecule has 0 bridgehead atoms. The molecular weight excluding hydrogens is 292 g/mol. The van der Waals surface area contributed by atoms with Gasteiger partial charge in [-0.25, -0.2) is 4.79 Å². The summed E-state index contributed by atoms with van der Waals surface area (Å²) in [4.78, 5) is 25.5. The molecule has 0 heterocycles. The summed E-state index contributed by atoms with van der Waals surface area (Å²) in [6.45, 7) is 7.93. The Hall–Kier alpha value is -2.04. The fraction of sp³-hybridized carbons (Fsp3) is 0.556. The van der Waals surface area contributed by atoms with Gasteiger partial charge < -0.3 is 15.0 Å². The van der Waals surface area contributed by atoms with E-state index in [-0.39, 0.29) is 12.0 Å². The van der Waals surface area contributed by atoms with Gasteiger partial charge in [0, 0.05) is 19.2 Å². The van der Waals surface area contributed by atoms with E-state index < -0.39 is 5.60 Å². The molecule has 0 aliphatic heterocycles. The number of hydrogen-bond donors (Lipinski definition) is 1. The Balaban J connectivity index is 2.73. The van der Waals surface area contributed by atoms with Gasteiger partial charge in [0.15, 0.2) is 0 Å².